The van der Waals surface area contributed by atoms with E-state index in [0.29, 0.717) is 6.04 Å². The molecule has 0 radical (unpaired) electrons. The number of nitrogens with one attached hydrogen (secondary N) is 1. The summed E-state index contributed by atoms with van der Waals surface area (Å²) in [6.07, 6.45) is 3.27. The maximum absolute atomic E-state index is 5.74. The van der Waals surface area contributed by atoms with E-state index in [1.54, 1.807) is 0 Å². The van der Waals surface area contributed by atoms with Gasteiger partial charge in [0.15, 0.2) is 11.5 Å². The van der Waals surface area contributed by atoms with Crippen LogP contribution in [0.15, 0.2) is 18.2 Å². The van der Waals surface area contributed by atoms with Crippen molar-refractivity contribution >= 4 is 0 Å². The Morgan fingerprint density at radius 3 is 2.67 bits per heavy atom. The molecule has 1 aromatic carbocycles. The SMILES string of the molecule is CCCC(NCC)c1ccc2c(c1)OCCCO2. The van der Waals surface area contributed by atoms with Crippen LogP contribution in [0, 0.1) is 0 Å². The average molecular weight is 249 g/mol. The van der Waals surface area contributed by atoms with Crippen molar-refractivity contribution in [1.82, 2.24) is 5.32 Å². The molecule has 2 rings (SSSR count). The molecule has 0 fully saturated rings. The Hall–Kier alpha value is -1.22. The van der Waals surface area contributed by atoms with Crippen molar-refractivity contribution in [2.24, 2.45) is 0 Å². The van der Waals surface area contributed by atoms with Crippen LogP contribution in [0.2, 0.25) is 0 Å². The molecule has 3 heteroatoms. The van der Waals surface area contributed by atoms with Crippen LogP contribution in [-0.2, 0) is 0 Å². The van der Waals surface area contributed by atoms with Crippen molar-refractivity contribution < 1.29 is 9.47 Å². The lowest BCUT2D eigenvalue weighted by Gasteiger charge is -2.19. The largest absolute Gasteiger partial charge is 0.490 e. The number of fused-ring (bicyclic) bond motifs is 1. The Morgan fingerprint density at radius 1 is 1.17 bits per heavy atom. The molecule has 1 atom stereocenters. The van der Waals surface area contributed by atoms with Crippen LogP contribution >= 0.6 is 0 Å². The van der Waals surface area contributed by atoms with Crippen LogP contribution in [-0.4, -0.2) is 19.8 Å². The molecule has 1 heterocycles. The Labute approximate surface area is 109 Å². The first-order valence-corrected chi connectivity index (χ1v) is 6.98. The Bertz CT molecular complexity index is 373. The standard InChI is InChI=1S/C15H23NO2/c1-3-6-13(16-4-2)12-7-8-14-15(11-12)18-10-5-9-17-14/h7-8,11,13,16H,3-6,9-10H2,1-2H3. The highest BCUT2D eigenvalue weighted by Gasteiger charge is 2.15. The van der Waals surface area contributed by atoms with E-state index in [9.17, 15) is 0 Å². The normalized spacial score (nSPS) is 16.1. The number of rotatable bonds is 5. The van der Waals surface area contributed by atoms with Crippen molar-refractivity contribution in [2.45, 2.75) is 39.2 Å². The Kier molecular flexibility index (Phi) is 4.88. The highest BCUT2D eigenvalue weighted by molar-refractivity contribution is 5.44. The fourth-order valence-corrected chi connectivity index (χ4v) is 2.32. The molecule has 1 aliphatic heterocycles. The molecular formula is C15H23NO2. The van der Waals surface area contributed by atoms with Gasteiger partial charge in [-0.15, -0.1) is 0 Å². The molecule has 1 unspecified atom stereocenters. The molecule has 0 aliphatic carbocycles. The zero-order valence-corrected chi connectivity index (χ0v) is 11.4. The summed E-state index contributed by atoms with van der Waals surface area (Å²) in [5.41, 5.74) is 1.29. The lowest BCUT2D eigenvalue weighted by atomic mass is 10.0. The van der Waals surface area contributed by atoms with Gasteiger partial charge in [0.1, 0.15) is 0 Å². The maximum Gasteiger partial charge on any atom is 0.161 e. The van der Waals surface area contributed by atoms with Crippen LogP contribution < -0.4 is 14.8 Å². The zero-order chi connectivity index (χ0) is 12.8. The number of ether oxygens (including phenoxy) is 2. The summed E-state index contributed by atoms with van der Waals surface area (Å²) in [4.78, 5) is 0. The van der Waals surface area contributed by atoms with Crippen molar-refractivity contribution in [2.75, 3.05) is 19.8 Å². The Balaban J connectivity index is 2.19. The van der Waals surface area contributed by atoms with Gasteiger partial charge in [-0.05, 0) is 30.7 Å². The first-order valence-electron chi connectivity index (χ1n) is 6.98. The molecule has 100 valence electrons. The topological polar surface area (TPSA) is 30.5 Å². The third-order valence-corrected chi connectivity index (χ3v) is 3.20. The van der Waals surface area contributed by atoms with E-state index in [-0.39, 0.29) is 0 Å². The van der Waals surface area contributed by atoms with Gasteiger partial charge < -0.3 is 14.8 Å². The third kappa shape index (κ3) is 3.16. The fraction of sp³-hybridized carbons (Fsp3) is 0.600. The van der Waals surface area contributed by atoms with E-state index >= 15 is 0 Å². The highest BCUT2D eigenvalue weighted by Crippen LogP contribution is 2.33. The molecule has 0 saturated heterocycles. The van der Waals surface area contributed by atoms with E-state index in [0.717, 1.165) is 44.1 Å². The minimum absolute atomic E-state index is 0.414. The summed E-state index contributed by atoms with van der Waals surface area (Å²) in [5.74, 6) is 1.77. The molecule has 0 aromatic heterocycles. The minimum atomic E-state index is 0.414. The zero-order valence-electron chi connectivity index (χ0n) is 11.4. The van der Waals surface area contributed by atoms with E-state index in [2.05, 4.69) is 31.3 Å². The van der Waals surface area contributed by atoms with Gasteiger partial charge in [0, 0.05) is 12.5 Å². The van der Waals surface area contributed by atoms with E-state index < -0.39 is 0 Å². The molecule has 0 bridgehead atoms. The summed E-state index contributed by atoms with van der Waals surface area (Å²) in [5, 5.41) is 3.53. The molecule has 0 amide bonds. The maximum atomic E-state index is 5.74. The molecule has 0 spiro atoms. The lowest BCUT2D eigenvalue weighted by molar-refractivity contribution is 0.297. The Morgan fingerprint density at radius 2 is 1.94 bits per heavy atom. The van der Waals surface area contributed by atoms with Gasteiger partial charge in [0.25, 0.3) is 0 Å². The van der Waals surface area contributed by atoms with Gasteiger partial charge >= 0.3 is 0 Å². The van der Waals surface area contributed by atoms with E-state index in [1.807, 2.05) is 6.07 Å². The van der Waals surface area contributed by atoms with Crippen molar-refractivity contribution in [3.05, 3.63) is 23.8 Å². The van der Waals surface area contributed by atoms with Gasteiger partial charge in [-0.1, -0.05) is 26.3 Å². The quantitative estimate of drug-likeness (QED) is 0.868. The second-order valence-electron chi connectivity index (χ2n) is 4.66. The van der Waals surface area contributed by atoms with Gasteiger partial charge in [0.2, 0.25) is 0 Å². The van der Waals surface area contributed by atoms with E-state index in [1.165, 1.54) is 12.0 Å². The lowest BCUT2D eigenvalue weighted by Crippen LogP contribution is -2.20. The van der Waals surface area contributed by atoms with Crippen molar-refractivity contribution in [3.8, 4) is 11.5 Å². The molecule has 1 N–H and O–H groups in total. The molecule has 1 aliphatic rings. The summed E-state index contributed by atoms with van der Waals surface area (Å²) >= 11 is 0. The predicted molar refractivity (Wildman–Crippen MR) is 73.4 cm³/mol. The average Bonchev–Trinajstić information content (AvgIpc) is 2.62. The predicted octanol–water partition coefficient (Wildman–Crippen LogP) is 3.30. The van der Waals surface area contributed by atoms with Gasteiger partial charge in [-0.25, -0.2) is 0 Å². The first kappa shape index (κ1) is 13.2. The monoisotopic (exact) mass is 249 g/mol. The van der Waals surface area contributed by atoms with Crippen LogP contribution in [0.1, 0.15) is 44.7 Å². The van der Waals surface area contributed by atoms with Crippen LogP contribution in [0.25, 0.3) is 0 Å². The summed E-state index contributed by atoms with van der Waals surface area (Å²) in [7, 11) is 0. The van der Waals surface area contributed by atoms with Gasteiger partial charge in [-0.3, -0.25) is 0 Å². The fourth-order valence-electron chi connectivity index (χ4n) is 2.32. The van der Waals surface area contributed by atoms with Gasteiger partial charge in [0.05, 0.1) is 13.2 Å². The highest BCUT2D eigenvalue weighted by atomic mass is 16.5. The second-order valence-corrected chi connectivity index (χ2v) is 4.66. The summed E-state index contributed by atoms with van der Waals surface area (Å²) in [6.45, 7) is 6.84. The van der Waals surface area contributed by atoms with Crippen LogP contribution in [0.5, 0.6) is 11.5 Å². The summed E-state index contributed by atoms with van der Waals surface area (Å²) < 4.78 is 11.4. The van der Waals surface area contributed by atoms with Crippen molar-refractivity contribution in [3.63, 3.8) is 0 Å². The smallest absolute Gasteiger partial charge is 0.161 e. The van der Waals surface area contributed by atoms with Crippen LogP contribution in [0.3, 0.4) is 0 Å². The van der Waals surface area contributed by atoms with Crippen LogP contribution in [0.4, 0.5) is 0 Å². The van der Waals surface area contributed by atoms with E-state index in [4.69, 9.17) is 9.47 Å². The minimum Gasteiger partial charge on any atom is -0.490 e. The van der Waals surface area contributed by atoms with Gasteiger partial charge in [-0.2, -0.15) is 0 Å². The molecule has 1 aromatic rings. The molecule has 3 nitrogen and oxygen atoms in total. The first-order chi connectivity index (χ1) is 8.85. The second kappa shape index (κ2) is 6.64. The molecule has 18 heavy (non-hydrogen) atoms. The number of benzene rings is 1. The molecular weight excluding hydrogens is 226 g/mol. The van der Waals surface area contributed by atoms with Crippen molar-refractivity contribution in [1.29, 1.82) is 0 Å². The number of hydrogen-bond donors (Lipinski definition) is 1. The number of hydrogen-bond acceptors (Lipinski definition) is 3. The summed E-state index contributed by atoms with van der Waals surface area (Å²) in [6, 6.07) is 6.73. The third-order valence-electron chi connectivity index (χ3n) is 3.20. The molecule has 0 saturated carbocycles.